The zero-order valence-corrected chi connectivity index (χ0v) is 13.1. The zero-order valence-electron chi connectivity index (χ0n) is 13.1. The Hall–Kier alpha value is -1.59. The molecular weight excluding hydrogens is 270 g/mol. The minimum atomic E-state index is -0.319. The van der Waals surface area contributed by atoms with Crippen molar-refractivity contribution >= 4 is 5.97 Å². The quantitative estimate of drug-likeness (QED) is 0.667. The summed E-state index contributed by atoms with van der Waals surface area (Å²) in [4.78, 5) is 11.5. The fraction of sp³-hybridized carbons (Fsp3) is 0.562. The van der Waals surface area contributed by atoms with Crippen LogP contribution in [0.4, 0.5) is 0 Å². The molecule has 0 radical (unpaired) electrons. The number of ether oxygens (including phenoxy) is 3. The summed E-state index contributed by atoms with van der Waals surface area (Å²) in [6, 6.07) is 7.60. The third kappa shape index (κ3) is 6.60. The highest BCUT2D eigenvalue weighted by Gasteiger charge is 2.17. The van der Waals surface area contributed by atoms with E-state index in [2.05, 4.69) is 5.32 Å². The number of rotatable bonds is 10. The summed E-state index contributed by atoms with van der Waals surface area (Å²) >= 11 is 0. The SMILES string of the molecule is CCNC(CCOc1ccc(CCOC)cc1)C(=O)OC. The molecule has 5 nitrogen and oxygen atoms in total. The van der Waals surface area contributed by atoms with Gasteiger partial charge in [0.1, 0.15) is 11.8 Å². The molecule has 21 heavy (non-hydrogen) atoms. The highest BCUT2D eigenvalue weighted by atomic mass is 16.5. The monoisotopic (exact) mass is 295 g/mol. The first kappa shape index (κ1) is 17.5. The molecule has 0 aliphatic rings. The average molecular weight is 295 g/mol. The molecule has 0 saturated carbocycles. The molecule has 0 spiro atoms. The first-order chi connectivity index (χ1) is 10.2. The lowest BCUT2D eigenvalue weighted by atomic mass is 10.1. The molecule has 1 atom stereocenters. The summed E-state index contributed by atoms with van der Waals surface area (Å²) in [5.74, 6) is 0.548. The zero-order chi connectivity index (χ0) is 15.5. The van der Waals surface area contributed by atoms with Gasteiger partial charge in [0.25, 0.3) is 0 Å². The van der Waals surface area contributed by atoms with E-state index in [1.807, 2.05) is 31.2 Å². The Labute approximate surface area is 126 Å². The Kier molecular flexibility index (Phi) is 8.47. The van der Waals surface area contributed by atoms with Gasteiger partial charge in [-0.25, -0.2) is 0 Å². The van der Waals surface area contributed by atoms with Gasteiger partial charge in [0, 0.05) is 13.5 Å². The maximum atomic E-state index is 11.5. The largest absolute Gasteiger partial charge is 0.494 e. The summed E-state index contributed by atoms with van der Waals surface area (Å²) in [5, 5.41) is 3.08. The Balaban J connectivity index is 2.38. The Morgan fingerprint density at radius 2 is 1.90 bits per heavy atom. The van der Waals surface area contributed by atoms with E-state index in [4.69, 9.17) is 14.2 Å². The van der Waals surface area contributed by atoms with Gasteiger partial charge in [-0.2, -0.15) is 0 Å². The lowest BCUT2D eigenvalue weighted by Gasteiger charge is -2.15. The summed E-state index contributed by atoms with van der Waals surface area (Å²) in [7, 11) is 3.09. The van der Waals surface area contributed by atoms with Crippen molar-refractivity contribution in [2.45, 2.75) is 25.8 Å². The number of methoxy groups -OCH3 is 2. The molecule has 5 heteroatoms. The number of carbonyl (C=O) groups is 1. The van der Waals surface area contributed by atoms with Crippen LogP contribution in [0.5, 0.6) is 5.75 Å². The highest BCUT2D eigenvalue weighted by Crippen LogP contribution is 2.13. The van der Waals surface area contributed by atoms with Gasteiger partial charge in [-0.1, -0.05) is 19.1 Å². The van der Waals surface area contributed by atoms with E-state index in [1.165, 1.54) is 12.7 Å². The van der Waals surface area contributed by atoms with Crippen LogP contribution in [-0.2, 0) is 20.7 Å². The minimum Gasteiger partial charge on any atom is -0.494 e. The molecule has 0 fully saturated rings. The van der Waals surface area contributed by atoms with Crippen molar-refractivity contribution < 1.29 is 19.0 Å². The molecular formula is C16H25NO4. The first-order valence-corrected chi connectivity index (χ1v) is 7.23. The van der Waals surface area contributed by atoms with E-state index in [9.17, 15) is 4.79 Å². The van der Waals surface area contributed by atoms with E-state index in [1.54, 1.807) is 7.11 Å². The number of nitrogens with one attached hydrogen (secondary N) is 1. The molecule has 0 amide bonds. The van der Waals surface area contributed by atoms with Crippen molar-refractivity contribution in [3.05, 3.63) is 29.8 Å². The summed E-state index contributed by atoms with van der Waals surface area (Å²) < 4.78 is 15.5. The molecule has 1 aromatic rings. The topological polar surface area (TPSA) is 56.8 Å². The molecule has 1 unspecified atom stereocenters. The van der Waals surface area contributed by atoms with E-state index in [-0.39, 0.29) is 12.0 Å². The predicted molar refractivity (Wildman–Crippen MR) is 81.6 cm³/mol. The van der Waals surface area contributed by atoms with Crippen LogP contribution in [0, 0.1) is 0 Å². The molecule has 0 aromatic heterocycles. The maximum Gasteiger partial charge on any atom is 0.322 e. The van der Waals surface area contributed by atoms with Crippen molar-refractivity contribution in [3.8, 4) is 5.75 Å². The van der Waals surface area contributed by atoms with Crippen molar-refractivity contribution in [3.63, 3.8) is 0 Å². The number of benzene rings is 1. The van der Waals surface area contributed by atoms with Gasteiger partial charge >= 0.3 is 5.97 Å². The van der Waals surface area contributed by atoms with Gasteiger partial charge in [-0.3, -0.25) is 4.79 Å². The number of carbonyl (C=O) groups excluding carboxylic acids is 1. The van der Waals surface area contributed by atoms with Crippen LogP contribution in [0.1, 0.15) is 18.9 Å². The predicted octanol–water partition coefficient (Wildman–Crippen LogP) is 1.80. The molecule has 1 rings (SSSR count). The second-order valence-corrected chi connectivity index (χ2v) is 4.66. The third-order valence-electron chi connectivity index (χ3n) is 3.13. The molecule has 0 aliphatic carbocycles. The lowest BCUT2D eigenvalue weighted by Crippen LogP contribution is -2.38. The van der Waals surface area contributed by atoms with Gasteiger partial charge in [0.05, 0.1) is 20.3 Å². The minimum absolute atomic E-state index is 0.254. The average Bonchev–Trinajstić information content (AvgIpc) is 2.52. The number of likely N-dealkylation sites (N-methyl/N-ethyl adjacent to an activating group) is 1. The molecule has 0 heterocycles. The van der Waals surface area contributed by atoms with Crippen molar-refractivity contribution in [2.75, 3.05) is 34.0 Å². The fourth-order valence-electron chi connectivity index (χ4n) is 1.96. The van der Waals surface area contributed by atoms with Crippen molar-refractivity contribution in [2.24, 2.45) is 0 Å². The number of hydrogen-bond donors (Lipinski definition) is 1. The molecule has 0 aliphatic heterocycles. The molecule has 0 bridgehead atoms. The van der Waals surface area contributed by atoms with Gasteiger partial charge < -0.3 is 19.5 Å². The summed E-state index contributed by atoms with van der Waals surface area (Å²) in [5.41, 5.74) is 1.21. The Morgan fingerprint density at radius 3 is 2.48 bits per heavy atom. The fourth-order valence-corrected chi connectivity index (χ4v) is 1.96. The standard InChI is InChI=1S/C16H25NO4/c1-4-17-15(16(18)20-3)10-12-21-14-7-5-13(6-8-14)9-11-19-2/h5-8,15,17H,4,9-12H2,1-3H3. The second kappa shape index (κ2) is 10.2. The van der Waals surface area contributed by atoms with Crippen LogP contribution < -0.4 is 10.1 Å². The summed E-state index contributed by atoms with van der Waals surface area (Å²) in [6.07, 6.45) is 1.47. The van der Waals surface area contributed by atoms with Gasteiger partial charge in [0.2, 0.25) is 0 Å². The van der Waals surface area contributed by atoms with E-state index in [0.717, 1.165) is 12.2 Å². The van der Waals surface area contributed by atoms with Crippen molar-refractivity contribution in [1.29, 1.82) is 0 Å². The second-order valence-electron chi connectivity index (χ2n) is 4.66. The number of hydrogen-bond acceptors (Lipinski definition) is 5. The first-order valence-electron chi connectivity index (χ1n) is 7.23. The molecule has 1 aromatic carbocycles. The third-order valence-corrected chi connectivity index (χ3v) is 3.13. The highest BCUT2D eigenvalue weighted by molar-refractivity contribution is 5.75. The van der Waals surface area contributed by atoms with Gasteiger partial charge in [-0.05, 0) is 30.7 Å². The van der Waals surface area contributed by atoms with Crippen LogP contribution >= 0.6 is 0 Å². The summed E-state index contributed by atoms with van der Waals surface area (Å²) in [6.45, 7) is 3.84. The Bertz CT molecular complexity index is 405. The van der Waals surface area contributed by atoms with Crippen LogP contribution in [0.2, 0.25) is 0 Å². The van der Waals surface area contributed by atoms with Gasteiger partial charge in [-0.15, -0.1) is 0 Å². The van der Waals surface area contributed by atoms with E-state index < -0.39 is 0 Å². The lowest BCUT2D eigenvalue weighted by molar-refractivity contribution is -0.143. The van der Waals surface area contributed by atoms with E-state index in [0.29, 0.717) is 26.2 Å². The van der Waals surface area contributed by atoms with Crippen LogP contribution in [0.25, 0.3) is 0 Å². The maximum absolute atomic E-state index is 11.5. The van der Waals surface area contributed by atoms with Gasteiger partial charge in [0.15, 0.2) is 0 Å². The van der Waals surface area contributed by atoms with E-state index >= 15 is 0 Å². The van der Waals surface area contributed by atoms with Crippen molar-refractivity contribution in [1.82, 2.24) is 5.32 Å². The van der Waals surface area contributed by atoms with Crippen LogP contribution in [-0.4, -0.2) is 46.0 Å². The Morgan fingerprint density at radius 1 is 1.19 bits per heavy atom. The van der Waals surface area contributed by atoms with Crippen LogP contribution in [0.15, 0.2) is 24.3 Å². The number of esters is 1. The van der Waals surface area contributed by atoms with Crippen LogP contribution in [0.3, 0.4) is 0 Å². The molecule has 1 N–H and O–H groups in total. The molecule has 0 saturated heterocycles. The smallest absolute Gasteiger partial charge is 0.322 e. The molecule has 118 valence electrons. The normalized spacial score (nSPS) is 12.0.